The molecule has 0 aliphatic carbocycles. The Balaban J connectivity index is 2.86. The Morgan fingerprint density at radius 1 is 1.64 bits per heavy atom. The molecule has 0 aliphatic heterocycles. The number of rotatable bonds is 4. The van der Waals surface area contributed by atoms with Gasteiger partial charge in [0.2, 0.25) is 0 Å². The highest BCUT2D eigenvalue weighted by Gasteiger charge is 2.10. The second-order valence-electron chi connectivity index (χ2n) is 2.82. The van der Waals surface area contributed by atoms with Crippen LogP contribution in [-0.2, 0) is 0 Å². The quantitative estimate of drug-likeness (QED) is 0.383. The van der Waals surface area contributed by atoms with E-state index in [1.165, 1.54) is 6.33 Å². The Labute approximate surface area is 96.2 Å². The number of hydrogen-bond donors (Lipinski definition) is 2. The average Bonchev–Trinajstić information content (AvgIpc) is 2.21. The van der Waals surface area contributed by atoms with Gasteiger partial charge in [0.15, 0.2) is 5.82 Å². The highest BCUT2D eigenvalue weighted by Crippen LogP contribution is 2.32. The lowest BCUT2D eigenvalue weighted by Gasteiger charge is -2.10. The first kappa shape index (κ1) is 11.7. The number of hydrogen-bond acceptors (Lipinski definition) is 5. The number of nitrogens with one attached hydrogen (secondary N) is 1. The van der Waals surface area contributed by atoms with Crippen LogP contribution in [0.25, 0.3) is 0 Å². The molecule has 3 N–H and O–H groups in total. The molecule has 1 aromatic heterocycles. The van der Waals surface area contributed by atoms with Crippen LogP contribution in [0.4, 0.5) is 5.82 Å². The predicted molar refractivity (Wildman–Crippen MR) is 63.2 cm³/mol. The lowest BCUT2D eigenvalue weighted by atomic mass is 10.4. The minimum atomic E-state index is 0.534. The van der Waals surface area contributed by atoms with Crippen LogP contribution in [0.5, 0.6) is 0 Å². The minimum Gasteiger partial charge on any atom is -0.307 e. The van der Waals surface area contributed by atoms with Crippen LogP contribution >= 0.6 is 27.7 Å². The van der Waals surface area contributed by atoms with Crippen molar-refractivity contribution in [2.75, 3.05) is 5.43 Å². The molecule has 1 rings (SSSR count). The molecule has 0 saturated carbocycles. The first-order chi connectivity index (χ1) is 6.69. The Morgan fingerprint density at radius 3 is 2.93 bits per heavy atom. The fourth-order valence-electron chi connectivity index (χ4n) is 0.810. The van der Waals surface area contributed by atoms with Gasteiger partial charge in [-0.3, -0.25) is 0 Å². The molecule has 0 aliphatic rings. The van der Waals surface area contributed by atoms with Crippen molar-refractivity contribution in [3.05, 3.63) is 10.8 Å². The Bertz CT molecular complexity index is 307. The van der Waals surface area contributed by atoms with Gasteiger partial charge >= 0.3 is 0 Å². The number of nitrogens with two attached hydrogens (primary N) is 1. The van der Waals surface area contributed by atoms with Crippen molar-refractivity contribution >= 4 is 33.5 Å². The fraction of sp³-hybridized carbons (Fsp3) is 0.500. The maximum Gasteiger partial charge on any atom is 0.158 e. The summed E-state index contributed by atoms with van der Waals surface area (Å²) in [7, 11) is 0. The lowest BCUT2D eigenvalue weighted by molar-refractivity contribution is 0.897. The zero-order chi connectivity index (χ0) is 10.6. The molecule has 1 unspecified atom stereocenters. The number of nitrogens with zero attached hydrogens (tertiary/aromatic N) is 2. The minimum absolute atomic E-state index is 0.534. The molecule has 0 radical (unpaired) electrons. The summed E-state index contributed by atoms with van der Waals surface area (Å²) in [6.07, 6.45) is 2.61. The third kappa shape index (κ3) is 2.83. The van der Waals surface area contributed by atoms with E-state index in [2.05, 4.69) is 45.2 Å². The van der Waals surface area contributed by atoms with Crippen molar-refractivity contribution in [2.45, 2.75) is 30.5 Å². The third-order valence-electron chi connectivity index (χ3n) is 1.78. The molecule has 0 spiro atoms. The molecular weight excluding hydrogens is 264 g/mol. The maximum atomic E-state index is 5.30. The number of hydrazine groups is 1. The monoisotopic (exact) mass is 276 g/mol. The third-order valence-corrected chi connectivity index (χ3v) is 4.06. The highest BCUT2D eigenvalue weighted by atomic mass is 79.9. The molecule has 0 fully saturated rings. The second-order valence-corrected chi connectivity index (χ2v) is 5.04. The zero-order valence-electron chi connectivity index (χ0n) is 8.12. The van der Waals surface area contributed by atoms with Crippen LogP contribution in [0.1, 0.15) is 20.3 Å². The molecule has 0 amide bonds. The molecule has 0 bridgehead atoms. The van der Waals surface area contributed by atoms with Gasteiger partial charge in [-0.05, 0) is 22.4 Å². The normalized spacial score (nSPS) is 12.6. The van der Waals surface area contributed by atoms with Gasteiger partial charge in [0.05, 0.1) is 4.47 Å². The number of thioether (sulfide) groups is 1. The SMILES string of the molecule is CCC(C)Sc1ncnc(NN)c1Br. The van der Waals surface area contributed by atoms with E-state index < -0.39 is 0 Å². The smallest absolute Gasteiger partial charge is 0.158 e. The molecule has 4 nitrogen and oxygen atoms in total. The molecule has 14 heavy (non-hydrogen) atoms. The second kappa shape index (κ2) is 5.53. The van der Waals surface area contributed by atoms with Crippen LogP contribution in [0.3, 0.4) is 0 Å². The molecule has 1 heterocycles. The van der Waals surface area contributed by atoms with E-state index in [0.717, 1.165) is 15.9 Å². The topological polar surface area (TPSA) is 63.8 Å². The molecule has 78 valence electrons. The predicted octanol–water partition coefficient (Wildman–Crippen LogP) is 2.42. The van der Waals surface area contributed by atoms with E-state index in [1.54, 1.807) is 11.8 Å². The molecule has 6 heteroatoms. The standard InChI is InChI=1S/C8H13BrN4S/c1-3-5(2)14-8-6(9)7(13-10)11-4-12-8/h4-5H,3,10H2,1-2H3,(H,11,12,13). The van der Waals surface area contributed by atoms with Crippen LogP contribution in [0, 0.1) is 0 Å². The van der Waals surface area contributed by atoms with E-state index in [0.29, 0.717) is 11.1 Å². The summed E-state index contributed by atoms with van der Waals surface area (Å²) in [6.45, 7) is 4.31. The maximum absolute atomic E-state index is 5.30. The van der Waals surface area contributed by atoms with Gasteiger partial charge in [0.25, 0.3) is 0 Å². The lowest BCUT2D eigenvalue weighted by Crippen LogP contribution is -2.10. The van der Waals surface area contributed by atoms with Crippen molar-refractivity contribution in [1.82, 2.24) is 9.97 Å². The summed E-state index contributed by atoms with van der Waals surface area (Å²) in [5.74, 6) is 5.92. The molecule has 0 saturated heterocycles. The largest absolute Gasteiger partial charge is 0.307 e. The molecule has 0 aromatic carbocycles. The number of aromatic nitrogens is 2. The summed E-state index contributed by atoms with van der Waals surface area (Å²) in [6, 6.07) is 0. The summed E-state index contributed by atoms with van der Waals surface area (Å²) >= 11 is 5.12. The van der Waals surface area contributed by atoms with Gasteiger partial charge in [0.1, 0.15) is 11.4 Å². The van der Waals surface area contributed by atoms with E-state index in [9.17, 15) is 0 Å². The van der Waals surface area contributed by atoms with Gasteiger partial charge < -0.3 is 5.43 Å². The van der Waals surface area contributed by atoms with Crippen molar-refractivity contribution < 1.29 is 0 Å². The first-order valence-electron chi connectivity index (χ1n) is 4.32. The number of nitrogen functional groups attached to an aromatic ring is 1. The first-order valence-corrected chi connectivity index (χ1v) is 6.00. The van der Waals surface area contributed by atoms with Crippen molar-refractivity contribution in [1.29, 1.82) is 0 Å². The molecular formula is C8H13BrN4S. The van der Waals surface area contributed by atoms with E-state index >= 15 is 0 Å². The summed E-state index contributed by atoms with van der Waals surface area (Å²) < 4.78 is 0.827. The number of halogens is 1. The fourth-order valence-corrected chi connectivity index (χ4v) is 2.27. The molecule has 1 atom stereocenters. The Hall–Kier alpha value is -0.330. The highest BCUT2D eigenvalue weighted by molar-refractivity contribution is 9.10. The Morgan fingerprint density at radius 2 is 2.36 bits per heavy atom. The van der Waals surface area contributed by atoms with Crippen LogP contribution in [0.15, 0.2) is 15.8 Å². The van der Waals surface area contributed by atoms with Gasteiger partial charge in [-0.2, -0.15) is 0 Å². The summed E-state index contributed by atoms with van der Waals surface area (Å²) in [5.41, 5.74) is 2.52. The van der Waals surface area contributed by atoms with Crippen LogP contribution in [-0.4, -0.2) is 15.2 Å². The van der Waals surface area contributed by atoms with Gasteiger partial charge in [-0.1, -0.05) is 13.8 Å². The van der Waals surface area contributed by atoms with E-state index in [4.69, 9.17) is 5.84 Å². The Kier molecular flexibility index (Phi) is 4.64. The molecule has 1 aromatic rings. The van der Waals surface area contributed by atoms with Crippen LogP contribution in [0.2, 0.25) is 0 Å². The van der Waals surface area contributed by atoms with E-state index in [-0.39, 0.29) is 0 Å². The van der Waals surface area contributed by atoms with Crippen molar-refractivity contribution in [2.24, 2.45) is 5.84 Å². The van der Waals surface area contributed by atoms with E-state index in [1.807, 2.05) is 0 Å². The summed E-state index contributed by atoms with van der Waals surface area (Å²) in [4.78, 5) is 8.17. The van der Waals surface area contributed by atoms with Crippen molar-refractivity contribution in [3.63, 3.8) is 0 Å². The average molecular weight is 277 g/mol. The van der Waals surface area contributed by atoms with Crippen LogP contribution < -0.4 is 11.3 Å². The number of anilines is 1. The van der Waals surface area contributed by atoms with Gasteiger partial charge in [-0.15, -0.1) is 11.8 Å². The summed E-state index contributed by atoms with van der Waals surface area (Å²) in [5, 5.41) is 1.45. The zero-order valence-corrected chi connectivity index (χ0v) is 10.5. The van der Waals surface area contributed by atoms with Gasteiger partial charge in [-0.25, -0.2) is 15.8 Å². The van der Waals surface area contributed by atoms with Crippen molar-refractivity contribution in [3.8, 4) is 0 Å². The van der Waals surface area contributed by atoms with Gasteiger partial charge in [0, 0.05) is 5.25 Å².